The molecule has 0 saturated carbocycles. The Balaban J connectivity index is 1.82. The van der Waals surface area contributed by atoms with Crippen LogP contribution in [0.3, 0.4) is 0 Å². The molecule has 0 aliphatic rings. The van der Waals surface area contributed by atoms with Gasteiger partial charge in [0.15, 0.2) is 5.82 Å². The van der Waals surface area contributed by atoms with E-state index in [4.69, 9.17) is 0 Å². The van der Waals surface area contributed by atoms with E-state index >= 15 is 0 Å². The van der Waals surface area contributed by atoms with Gasteiger partial charge in [0, 0.05) is 39.5 Å². The molecule has 0 aliphatic carbocycles. The third-order valence-electron chi connectivity index (χ3n) is 5.12. The average Bonchev–Trinajstić information content (AvgIpc) is 3.19. The molecule has 4 rings (SSSR count). The highest BCUT2D eigenvalue weighted by atomic mass is 79.9. The van der Waals surface area contributed by atoms with Crippen molar-refractivity contribution in [2.75, 3.05) is 0 Å². The minimum Gasteiger partial charge on any atom is -0.384 e. The standard InChI is InChI=1S/C21H17BrF2N4O/c1-12(18-6-2-13-8-14(22)3-7-19(13)27-18)21(29,10-20-25-11-26-28-20)16-5-4-15(23)9-17(16)24/h2-9,11-12,29H,10H2,1H3,(H,25,26,28). The molecule has 8 heteroatoms. The Morgan fingerprint density at radius 2 is 1.97 bits per heavy atom. The number of halogens is 3. The van der Waals surface area contributed by atoms with E-state index in [0.717, 1.165) is 27.5 Å². The summed E-state index contributed by atoms with van der Waals surface area (Å²) in [5, 5.41) is 19.2. The van der Waals surface area contributed by atoms with Crippen molar-refractivity contribution in [2.24, 2.45) is 0 Å². The maximum atomic E-state index is 14.7. The molecule has 2 aromatic carbocycles. The fourth-order valence-electron chi connectivity index (χ4n) is 3.48. The summed E-state index contributed by atoms with van der Waals surface area (Å²) in [5.41, 5.74) is -0.455. The summed E-state index contributed by atoms with van der Waals surface area (Å²) >= 11 is 3.43. The first-order valence-corrected chi connectivity index (χ1v) is 9.75. The SMILES string of the molecule is CC(c1ccc2cc(Br)ccc2n1)C(O)(Cc1nc[nH]n1)c1ccc(F)cc1F. The van der Waals surface area contributed by atoms with Gasteiger partial charge in [0.25, 0.3) is 0 Å². The van der Waals surface area contributed by atoms with E-state index in [9.17, 15) is 13.9 Å². The van der Waals surface area contributed by atoms with Crippen molar-refractivity contribution in [1.82, 2.24) is 20.2 Å². The van der Waals surface area contributed by atoms with E-state index in [1.807, 2.05) is 24.3 Å². The topological polar surface area (TPSA) is 74.7 Å². The van der Waals surface area contributed by atoms with E-state index in [1.165, 1.54) is 12.4 Å². The Labute approximate surface area is 174 Å². The highest BCUT2D eigenvalue weighted by Crippen LogP contribution is 2.40. The minimum atomic E-state index is -1.74. The lowest BCUT2D eigenvalue weighted by molar-refractivity contribution is 0.00630. The molecule has 0 spiro atoms. The zero-order chi connectivity index (χ0) is 20.6. The van der Waals surface area contributed by atoms with Crippen LogP contribution in [0.2, 0.25) is 0 Å². The normalized spacial score (nSPS) is 14.7. The van der Waals surface area contributed by atoms with Gasteiger partial charge in [-0.25, -0.2) is 13.8 Å². The molecule has 0 saturated heterocycles. The fourth-order valence-corrected chi connectivity index (χ4v) is 3.86. The zero-order valence-electron chi connectivity index (χ0n) is 15.4. The highest BCUT2D eigenvalue weighted by molar-refractivity contribution is 9.10. The van der Waals surface area contributed by atoms with Crippen molar-refractivity contribution in [2.45, 2.75) is 24.9 Å². The molecule has 148 valence electrons. The third-order valence-corrected chi connectivity index (χ3v) is 5.62. The minimum absolute atomic E-state index is 0.0334. The van der Waals surface area contributed by atoms with Crippen LogP contribution < -0.4 is 0 Å². The molecule has 0 fully saturated rings. The molecule has 2 aromatic heterocycles. The Hall–Kier alpha value is -2.71. The van der Waals surface area contributed by atoms with Crippen LogP contribution in [-0.2, 0) is 12.0 Å². The van der Waals surface area contributed by atoms with Crippen LogP contribution in [0.15, 0.2) is 59.3 Å². The zero-order valence-corrected chi connectivity index (χ0v) is 17.0. The summed E-state index contributed by atoms with van der Waals surface area (Å²) in [5.74, 6) is -1.87. The molecule has 29 heavy (non-hydrogen) atoms. The summed E-state index contributed by atoms with van der Waals surface area (Å²) < 4.78 is 29.1. The molecule has 4 aromatic rings. The molecule has 0 aliphatic heterocycles. The largest absolute Gasteiger partial charge is 0.384 e. The number of hydrogen-bond donors (Lipinski definition) is 2. The number of aliphatic hydroxyl groups is 1. The number of hydrogen-bond acceptors (Lipinski definition) is 4. The maximum Gasteiger partial charge on any atom is 0.153 e. The van der Waals surface area contributed by atoms with Gasteiger partial charge in [-0.3, -0.25) is 10.1 Å². The van der Waals surface area contributed by atoms with Crippen molar-refractivity contribution in [3.05, 3.63) is 88.0 Å². The number of fused-ring (bicyclic) bond motifs is 1. The third kappa shape index (κ3) is 3.77. The van der Waals surface area contributed by atoms with Crippen LogP contribution >= 0.6 is 15.9 Å². The monoisotopic (exact) mass is 458 g/mol. The van der Waals surface area contributed by atoms with E-state index in [-0.39, 0.29) is 12.0 Å². The molecule has 0 bridgehead atoms. The number of benzene rings is 2. The quantitative estimate of drug-likeness (QED) is 0.457. The Morgan fingerprint density at radius 3 is 2.69 bits per heavy atom. The highest BCUT2D eigenvalue weighted by Gasteiger charge is 2.41. The van der Waals surface area contributed by atoms with Crippen molar-refractivity contribution in [1.29, 1.82) is 0 Å². The fraction of sp³-hybridized carbons (Fsp3) is 0.190. The summed E-state index contributed by atoms with van der Waals surface area (Å²) in [7, 11) is 0. The second kappa shape index (κ2) is 7.61. The second-order valence-electron chi connectivity index (χ2n) is 6.94. The number of H-pyrrole nitrogens is 1. The van der Waals surface area contributed by atoms with Crippen molar-refractivity contribution >= 4 is 26.8 Å². The molecule has 5 nitrogen and oxygen atoms in total. The number of pyridine rings is 1. The number of rotatable bonds is 5. The Morgan fingerprint density at radius 1 is 1.14 bits per heavy atom. The van der Waals surface area contributed by atoms with Crippen LogP contribution in [0.1, 0.15) is 29.9 Å². The number of nitrogens with one attached hydrogen (secondary N) is 1. The van der Waals surface area contributed by atoms with Crippen molar-refractivity contribution < 1.29 is 13.9 Å². The van der Waals surface area contributed by atoms with Gasteiger partial charge in [-0.15, -0.1) is 0 Å². The predicted octanol–water partition coefficient (Wildman–Crippen LogP) is 4.63. The molecule has 0 radical (unpaired) electrons. The molecule has 0 amide bonds. The van der Waals surface area contributed by atoms with Crippen LogP contribution in [0.25, 0.3) is 10.9 Å². The Bertz CT molecular complexity index is 1170. The first-order valence-electron chi connectivity index (χ1n) is 8.95. The average molecular weight is 459 g/mol. The number of nitrogens with zero attached hydrogens (tertiary/aromatic N) is 3. The Kier molecular flexibility index (Phi) is 5.14. The summed E-state index contributed by atoms with van der Waals surface area (Å²) in [6.07, 6.45) is 1.31. The maximum absolute atomic E-state index is 14.7. The first-order chi connectivity index (χ1) is 13.9. The van der Waals surface area contributed by atoms with Crippen molar-refractivity contribution in [3.63, 3.8) is 0 Å². The van der Waals surface area contributed by atoms with Gasteiger partial charge < -0.3 is 5.11 Å². The number of aromatic nitrogens is 4. The van der Waals surface area contributed by atoms with Gasteiger partial charge in [0.05, 0.1) is 5.52 Å². The first kappa shape index (κ1) is 19.6. The smallest absolute Gasteiger partial charge is 0.153 e. The molecule has 2 N–H and O–H groups in total. The molecular weight excluding hydrogens is 442 g/mol. The van der Waals surface area contributed by atoms with Gasteiger partial charge in [0.2, 0.25) is 0 Å². The predicted molar refractivity (Wildman–Crippen MR) is 108 cm³/mol. The van der Waals surface area contributed by atoms with Crippen LogP contribution in [0, 0.1) is 11.6 Å². The lowest BCUT2D eigenvalue weighted by Gasteiger charge is -2.34. The molecule has 2 unspecified atom stereocenters. The molecule has 2 heterocycles. The van der Waals surface area contributed by atoms with Crippen LogP contribution in [0.4, 0.5) is 8.78 Å². The summed E-state index contributed by atoms with van der Waals surface area (Å²) in [4.78, 5) is 8.72. The van der Waals surface area contributed by atoms with Gasteiger partial charge in [-0.2, -0.15) is 5.10 Å². The van der Waals surface area contributed by atoms with E-state index < -0.39 is 23.2 Å². The van der Waals surface area contributed by atoms with E-state index in [2.05, 4.69) is 36.1 Å². The van der Waals surface area contributed by atoms with E-state index in [0.29, 0.717) is 11.5 Å². The summed E-state index contributed by atoms with van der Waals surface area (Å²) in [6, 6.07) is 12.5. The molecule has 2 atom stereocenters. The molecular formula is C21H17BrF2N4O. The van der Waals surface area contributed by atoms with Crippen LogP contribution in [0.5, 0.6) is 0 Å². The number of aromatic amines is 1. The second-order valence-corrected chi connectivity index (χ2v) is 7.85. The van der Waals surface area contributed by atoms with E-state index in [1.54, 1.807) is 13.0 Å². The van der Waals surface area contributed by atoms with Gasteiger partial charge >= 0.3 is 0 Å². The lowest BCUT2D eigenvalue weighted by Crippen LogP contribution is -2.36. The van der Waals surface area contributed by atoms with Gasteiger partial charge in [0.1, 0.15) is 23.6 Å². The summed E-state index contributed by atoms with van der Waals surface area (Å²) in [6.45, 7) is 1.75. The van der Waals surface area contributed by atoms with Gasteiger partial charge in [-0.1, -0.05) is 35.0 Å². The lowest BCUT2D eigenvalue weighted by atomic mass is 9.77. The van der Waals surface area contributed by atoms with Crippen LogP contribution in [-0.4, -0.2) is 25.3 Å². The van der Waals surface area contributed by atoms with Crippen molar-refractivity contribution in [3.8, 4) is 0 Å². The van der Waals surface area contributed by atoms with Gasteiger partial charge in [-0.05, 0) is 30.3 Å².